The van der Waals surface area contributed by atoms with Crippen molar-refractivity contribution in [2.45, 2.75) is 24.9 Å². The van der Waals surface area contributed by atoms with E-state index in [1.54, 1.807) is 0 Å². The number of rotatable bonds is 0. The summed E-state index contributed by atoms with van der Waals surface area (Å²) in [6.07, 6.45) is 4.92. The van der Waals surface area contributed by atoms with Crippen LogP contribution in [0.4, 0.5) is 0 Å². The lowest BCUT2D eigenvalue weighted by molar-refractivity contribution is 0.296. The van der Waals surface area contributed by atoms with E-state index in [4.69, 9.17) is 0 Å². The summed E-state index contributed by atoms with van der Waals surface area (Å²) in [5.74, 6) is 0. The van der Waals surface area contributed by atoms with E-state index in [0.717, 1.165) is 25.2 Å². The molecule has 2 atom stereocenters. The van der Waals surface area contributed by atoms with Crippen LogP contribution >= 0.6 is 0 Å². The molecular weight excluding hydrogens is 112 g/mol. The standard InChI is InChI=1S/C7H13N2/c1-2-6-4-8-5-7(3-1)9-6/h1,6-9H,2-5H2. The Bertz CT molecular complexity index is 83.1. The van der Waals surface area contributed by atoms with Gasteiger partial charge in [0.1, 0.15) is 0 Å². The predicted molar refractivity (Wildman–Crippen MR) is 37.1 cm³/mol. The SMILES string of the molecule is [CH]1CC2CNCC(C1)N2. The highest BCUT2D eigenvalue weighted by Crippen LogP contribution is 2.13. The molecule has 1 radical (unpaired) electrons. The average molecular weight is 125 g/mol. The number of hydrogen-bond acceptors (Lipinski definition) is 2. The fourth-order valence-corrected chi connectivity index (χ4v) is 1.68. The monoisotopic (exact) mass is 125 g/mol. The second-order valence-corrected chi connectivity index (χ2v) is 2.98. The summed E-state index contributed by atoms with van der Waals surface area (Å²) >= 11 is 0. The normalized spacial score (nSPS) is 42.7. The smallest absolute Gasteiger partial charge is 0.0198 e. The Labute approximate surface area is 56.0 Å². The molecule has 2 aliphatic heterocycles. The third-order valence-corrected chi connectivity index (χ3v) is 2.16. The number of nitrogens with one attached hydrogen (secondary N) is 2. The molecule has 2 aliphatic rings. The van der Waals surface area contributed by atoms with Gasteiger partial charge in [0.15, 0.2) is 0 Å². The molecule has 2 nitrogen and oxygen atoms in total. The van der Waals surface area contributed by atoms with Crippen LogP contribution in [0.1, 0.15) is 12.8 Å². The maximum Gasteiger partial charge on any atom is 0.0198 e. The molecule has 2 unspecified atom stereocenters. The summed E-state index contributed by atoms with van der Waals surface area (Å²) in [5, 5.41) is 6.96. The van der Waals surface area contributed by atoms with Crippen molar-refractivity contribution in [3.8, 4) is 0 Å². The van der Waals surface area contributed by atoms with Gasteiger partial charge in [0.25, 0.3) is 0 Å². The van der Waals surface area contributed by atoms with Gasteiger partial charge in [0.05, 0.1) is 0 Å². The number of piperazine rings is 1. The first kappa shape index (κ1) is 5.69. The molecule has 9 heavy (non-hydrogen) atoms. The zero-order valence-corrected chi connectivity index (χ0v) is 5.56. The van der Waals surface area contributed by atoms with Gasteiger partial charge in [-0.15, -0.1) is 0 Å². The largest absolute Gasteiger partial charge is 0.314 e. The lowest BCUT2D eigenvalue weighted by atomic mass is 9.96. The third-order valence-electron chi connectivity index (χ3n) is 2.16. The number of piperidine rings is 1. The third kappa shape index (κ3) is 1.10. The first-order chi connectivity index (χ1) is 4.45. The Kier molecular flexibility index (Phi) is 1.44. The molecule has 0 aliphatic carbocycles. The number of fused-ring (bicyclic) bond motifs is 2. The highest BCUT2D eigenvalue weighted by molar-refractivity contribution is 4.94. The number of hydrogen-bond donors (Lipinski definition) is 2. The van der Waals surface area contributed by atoms with Crippen LogP contribution in [0.2, 0.25) is 0 Å². The van der Waals surface area contributed by atoms with Crippen molar-refractivity contribution >= 4 is 0 Å². The highest BCUT2D eigenvalue weighted by atomic mass is 15.1. The van der Waals surface area contributed by atoms with E-state index >= 15 is 0 Å². The van der Waals surface area contributed by atoms with Crippen molar-refractivity contribution in [1.82, 2.24) is 10.6 Å². The molecule has 2 fully saturated rings. The van der Waals surface area contributed by atoms with E-state index in [0.29, 0.717) is 0 Å². The molecule has 0 saturated carbocycles. The van der Waals surface area contributed by atoms with Crippen molar-refractivity contribution in [2.24, 2.45) is 0 Å². The summed E-state index contributed by atoms with van der Waals surface area (Å²) in [6.45, 7) is 2.32. The summed E-state index contributed by atoms with van der Waals surface area (Å²) in [7, 11) is 0. The van der Waals surface area contributed by atoms with Crippen molar-refractivity contribution in [1.29, 1.82) is 0 Å². The molecule has 0 amide bonds. The van der Waals surface area contributed by atoms with Gasteiger partial charge in [0, 0.05) is 25.2 Å². The Morgan fingerprint density at radius 2 is 1.78 bits per heavy atom. The van der Waals surface area contributed by atoms with Gasteiger partial charge in [-0.05, 0) is 19.3 Å². The second kappa shape index (κ2) is 2.27. The van der Waals surface area contributed by atoms with E-state index in [1.807, 2.05) is 0 Å². The molecule has 2 heteroatoms. The minimum absolute atomic E-state index is 0.734. The molecule has 51 valence electrons. The van der Waals surface area contributed by atoms with Crippen LogP contribution in [0, 0.1) is 6.42 Å². The molecular formula is C7H13N2. The second-order valence-electron chi connectivity index (χ2n) is 2.98. The maximum atomic E-state index is 3.56. The fourth-order valence-electron chi connectivity index (χ4n) is 1.68. The van der Waals surface area contributed by atoms with Crippen LogP contribution in [-0.4, -0.2) is 25.2 Å². The van der Waals surface area contributed by atoms with Crippen LogP contribution in [0.25, 0.3) is 0 Å². The van der Waals surface area contributed by atoms with Gasteiger partial charge in [-0.2, -0.15) is 0 Å². The van der Waals surface area contributed by atoms with E-state index in [1.165, 1.54) is 12.8 Å². The average Bonchev–Trinajstić information content (AvgIpc) is 1.88. The molecule has 0 aromatic heterocycles. The van der Waals surface area contributed by atoms with E-state index in [2.05, 4.69) is 17.1 Å². The van der Waals surface area contributed by atoms with Gasteiger partial charge in [-0.3, -0.25) is 0 Å². The summed E-state index contributed by atoms with van der Waals surface area (Å²) in [5.41, 5.74) is 0. The maximum absolute atomic E-state index is 3.56. The van der Waals surface area contributed by atoms with Crippen molar-refractivity contribution in [3.05, 3.63) is 6.42 Å². The molecule has 0 spiro atoms. The van der Waals surface area contributed by atoms with Crippen LogP contribution in [0.3, 0.4) is 0 Å². The minimum atomic E-state index is 0.734. The Balaban J connectivity index is 1.96. The topological polar surface area (TPSA) is 24.1 Å². The molecule has 2 heterocycles. The molecule has 0 aromatic carbocycles. The van der Waals surface area contributed by atoms with Crippen molar-refractivity contribution < 1.29 is 0 Å². The zero-order chi connectivity index (χ0) is 6.10. The summed E-state index contributed by atoms with van der Waals surface area (Å²) in [4.78, 5) is 0. The quantitative estimate of drug-likeness (QED) is 0.473. The Morgan fingerprint density at radius 1 is 1.11 bits per heavy atom. The van der Waals surface area contributed by atoms with Crippen LogP contribution in [-0.2, 0) is 0 Å². The predicted octanol–water partition coefficient (Wildman–Crippen LogP) is -0.0855. The first-order valence-corrected chi connectivity index (χ1v) is 3.73. The van der Waals surface area contributed by atoms with Gasteiger partial charge in [-0.1, -0.05) is 0 Å². The first-order valence-electron chi connectivity index (χ1n) is 3.73. The van der Waals surface area contributed by atoms with Gasteiger partial charge in [0.2, 0.25) is 0 Å². The van der Waals surface area contributed by atoms with E-state index in [9.17, 15) is 0 Å². The minimum Gasteiger partial charge on any atom is -0.314 e. The Hall–Kier alpha value is -0.0800. The lowest BCUT2D eigenvalue weighted by Gasteiger charge is -2.36. The van der Waals surface area contributed by atoms with Crippen molar-refractivity contribution in [2.75, 3.05) is 13.1 Å². The van der Waals surface area contributed by atoms with Gasteiger partial charge < -0.3 is 10.6 Å². The summed E-state index contributed by atoms with van der Waals surface area (Å²) < 4.78 is 0. The zero-order valence-electron chi connectivity index (χ0n) is 5.56. The van der Waals surface area contributed by atoms with E-state index in [-0.39, 0.29) is 0 Å². The van der Waals surface area contributed by atoms with Crippen LogP contribution in [0.5, 0.6) is 0 Å². The van der Waals surface area contributed by atoms with Crippen LogP contribution < -0.4 is 10.6 Å². The molecule has 2 saturated heterocycles. The fraction of sp³-hybridized carbons (Fsp3) is 0.857. The van der Waals surface area contributed by atoms with Gasteiger partial charge >= 0.3 is 0 Å². The molecule has 2 bridgehead atoms. The molecule has 0 aromatic rings. The highest BCUT2D eigenvalue weighted by Gasteiger charge is 2.24. The Morgan fingerprint density at radius 3 is 2.33 bits per heavy atom. The van der Waals surface area contributed by atoms with Gasteiger partial charge in [-0.25, -0.2) is 0 Å². The van der Waals surface area contributed by atoms with Crippen LogP contribution in [0.15, 0.2) is 0 Å². The summed E-state index contributed by atoms with van der Waals surface area (Å²) in [6, 6.07) is 1.47. The molecule has 2 N–H and O–H groups in total. The molecule has 2 rings (SSSR count). The van der Waals surface area contributed by atoms with Crippen molar-refractivity contribution in [3.63, 3.8) is 0 Å². The van der Waals surface area contributed by atoms with E-state index < -0.39 is 0 Å². The lowest BCUT2D eigenvalue weighted by Crippen LogP contribution is -2.57.